The minimum absolute atomic E-state index is 0.181. The molecule has 2 rings (SSSR count). The summed E-state index contributed by atoms with van der Waals surface area (Å²) in [5.74, 6) is 1.21. The fourth-order valence-electron chi connectivity index (χ4n) is 1.66. The van der Waals surface area contributed by atoms with Crippen molar-refractivity contribution >= 4 is 0 Å². The second kappa shape index (κ2) is 5.00. The number of halogens is 1. The Balaban J connectivity index is 2.21. The first-order chi connectivity index (χ1) is 8.16. The van der Waals surface area contributed by atoms with Crippen LogP contribution in [0, 0.1) is 5.82 Å². The van der Waals surface area contributed by atoms with Crippen molar-refractivity contribution < 1.29 is 9.13 Å². The number of hydrogen-bond acceptors (Lipinski definition) is 1. The summed E-state index contributed by atoms with van der Waals surface area (Å²) in [6.07, 6.45) is 0. The molecule has 0 amide bonds. The van der Waals surface area contributed by atoms with Gasteiger partial charge in [0.1, 0.15) is 17.3 Å². The first-order valence-electron chi connectivity index (χ1n) is 5.69. The lowest BCUT2D eigenvalue weighted by molar-refractivity contribution is 0.475. The summed E-state index contributed by atoms with van der Waals surface area (Å²) in [5.41, 5.74) is 0.713. The molecule has 88 valence electrons. The highest BCUT2D eigenvalue weighted by Gasteiger charge is 2.08. The molecule has 0 radical (unpaired) electrons. The van der Waals surface area contributed by atoms with E-state index in [-0.39, 0.29) is 11.7 Å². The zero-order chi connectivity index (χ0) is 12.3. The first kappa shape index (κ1) is 11.6. The maximum Gasteiger partial charge on any atom is 0.130 e. The lowest BCUT2D eigenvalue weighted by Crippen LogP contribution is -1.93. The van der Waals surface area contributed by atoms with Gasteiger partial charge in [-0.25, -0.2) is 4.39 Å². The number of rotatable bonds is 3. The van der Waals surface area contributed by atoms with Crippen molar-refractivity contribution in [2.24, 2.45) is 0 Å². The third-order valence-corrected chi connectivity index (χ3v) is 2.57. The minimum Gasteiger partial charge on any atom is -0.457 e. The van der Waals surface area contributed by atoms with Crippen LogP contribution in [-0.2, 0) is 0 Å². The lowest BCUT2D eigenvalue weighted by atomic mass is 10.0. The Hall–Kier alpha value is -1.83. The van der Waals surface area contributed by atoms with Gasteiger partial charge in [0.2, 0.25) is 0 Å². The summed E-state index contributed by atoms with van der Waals surface area (Å²) >= 11 is 0. The molecule has 17 heavy (non-hydrogen) atoms. The van der Waals surface area contributed by atoms with Gasteiger partial charge in [0.25, 0.3) is 0 Å². The van der Waals surface area contributed by atoms with Crippen LogP contribution in [0.2, 0.25) is 0 Å². The van der Waals surface area contributed by atoms with Gasteiger partial charge >= 0.3 is 0 Å². The molecule has 2 heteroatoms. The Bertz CT molecular complexity index is 492. The van der Waals surface area contributed by atoms with Crippen molar-refractivity contribution in [3.63, 3.8) is 0 Å². The second-order valence-corrected chi connectivity index (χ2v) is 4.25. The third-order valence-electron chi connectivity index (χ3n) is 2.57. The zero-order valence-corrected chi connectivity index (χ0v) is 9.98. The Morgan fingerprint density at radius 3 is 2.24 bits per heavy atom. The third kappa shape index (κ3) is 2.84. The molecule has 0 aliphatic heterocycles. The summed E-state index contributed by atoms with van der Waals surface area (Å²) in [6, 6.07) is 14.4. The van der Waals surface area contributed by atoms with E-state index >= 15 is 0 Å². The van der Waals surface area contributed by atoms with Crippen LogP contribution in [0.15, 0.2) is 48.5 Å². The maximum atomic E-state index is 13.7. The number of para-hydroxylation sites is 1. The molecule has 0 unspecified atom stereocenters. The van der Waals surface area contributed by atoms with Crippen molar-refractivity contribution in [1.29, 1.82) is 0 Å². The molecule has 0 N–H and O–H groups in total. The fourth-order valence-corrected chi connectivity index (χ4v) is 1.66. The highest BCUT2D eigenvalue weighted by atomic mass is 19.1. The molecule has 0 spiro atoms. The topological polar surface area (TPSA) is 9.23 Å². The monoisotopic (exact) mass is 230 g/mol. The van der Waals surface area contributed by atoms with Crippen LogP contribution in [0.3, 0.4) is 0 Å². The van der Waals surface area contributed by atoms with Gasteiger partial charge in [-0.15, -0.1) is 0 Å². The van der Waals surface area contributed by atoms with E-state index in [2.05, 4.69) is 0 Å². The van der Waals surface area contributed by atoms with Crippen LogP contribution in [0.5, 0.6) is 11.5 Å². The van der Waals surface area contributed by atoms with Gasteiger partial charge in [-0.1, -0.05) is 38.1 Å². The van der Waals surface area contributed by atoms with Gasteiger partial charge in [0.15, 0.2) is 0 Å². The average molecular weight is 230 g/mol. The summed E-state index contributed by atoms with van der Waals surface area (Å²) in [4.78, 5) is 0. The van der Waals surface area contributed by atoms with Crippen molar-refractivity contribution in [2.45, 2.75) is 19.8 Å². The van der Waals surface area contributed by atoms with Crippen molar-refractivity contribution in [3.8, 4) is 11.5 Å². The van der Waals surface area contributed by atoms with Crippen molar-refractivity contribution in [3.05, 3.63) is 59.9 Å². The number of hydrogen-bond donors (Lipinski definition) is 0. The molecule has 0 fully saturated rings. The van der Waals surface area contributed by atoms with Gasteiger partial charge in [0.05, 0.1) is 0 Å². The first-order valence-corrected chi connectivity index (χ1v) is 5.69. The molecule has 2 aromatic carbocycles. The summed E-state index contributed by atoms with van der Waals surface area (Å²) < 4.78 is 19.3. The van der Waals surface area contributed by atoms with E-state index in [1.165, 1.54) is 6.07 Å². The van der Waals surface area contributed by atoms with Crippen molar-refractivity contribution in [2.75, 3.05) is 0 Å². The molecule has 0 atom stereocenters. The molecule has 0 heterocycles. The normalized spacial score (nSPS) is 10.6. The molecule has 1 nitrogen and oxygen atoms in total. The van der Waals surface area contributed by atoms with Crippen LogP contribution in [0.4, 0.5) is 4.39 Å². The quantitative estimate of drug-likeness (QED) is 0.739. The Morgan fingerprint density at radius 2 is 1.65 bits per heavy atom. The summed E-state index contributed by atoms with van der Waals surface area (Å²) in [7, 11) is 0. The average Bonchev–Trinajstić information content (AvgIpc) is 2.30. The van der Waals surface area contributed by atoms with Gasteiger partial charge in [0, 0.05) is 6.07 Å². The molecule has 0 aliphatic carbocycles. The van der Waals surface area contributed by atoms with Crippen LogP contribution in [0.1, 0.15) is 25.3 Å². The molecule has 0 aliphatic rings. The molecular formula is C15H15FO. The van der Waals surface area contributed by atoms with E-state index in [0.717, 1.165) is 0 Å². The fraction of sp³-hybridized carbons (Fsp3) is 0.200. The SMILES string of the molecule is CC(C)c1ccc(Oc2ccccc2)cc1F. The van der Waals surface area contributed by atoms with Crippen LogP contribution in [0.25, 0.3) is 0 Å². The van der Waals surface area contributed by atoms with Crippen molar-refractivity contribution in [1.82, 2.24) is 0 Å². The van der Waals surface area contributed by atoms with Crippen LogP contribution >= 0.6 is 0 Å². The summed E-state index contributed by atoms with van der Waals surface area (Å²) in [5, 5.41) is 0. The van der Waals surface area contributed by atoms with Gasteiger partial charge < -0.3 is 4.74 Å². The van der Waals surface area contributed by atoms with Gasteiger partial charge in [-0.2, -0.15) is 0 Å². The molecule has 0 saturated carbocycles. The molecule has 0 saturated heterocycles. The predicted molar refractivity (Wildman–Crippen MR) is 67.0 cm³/mol. The second-order valence-electron chi connectivity index (χ2n) is 4.25. The standard InChI is InChI=1S/C15H15FO/c1-11(2)14-9-8-13(10-15(14)16)17-12-6-4-3-5-7-12/h3-11H,1-2H3. The smallest absolute Gasteiger partial charge is 0.130 e. The zero-order valence-electron chi connectivity index (χ0n) is 9.98. The van der Waals surface area contributed by atoms with Crippen LogP contribution < -0.4 is 4.74 Å². The highest BCUT2D eigenvalue weighted by Crippen LogP contribution is 2.26. The van der Waals surface area contributed by atoms with E-state index in [1.807, 2.05) is 44.2 Å². The van der Waals surface area contributed by atoms with E-state index in [1.54, 1.807) is 12.1 Å². The Labute approximate surface area is 101 Å². The van der Waals surface area contributed by atoms with E-state index < -0.39 is 0 Å². The maximum absolute atomic E-state index is 13.7. The Kier molecular flexibility index (Phi) is 3.43. The van der Waals surface area contributed by atoms with Crippen LogP contribution in [-0.4, -0.2) is 0 Å². The van der Waals surface area contributed by atoms with E-state index in [9.17, 15) is 4.39 Å². The number of benzene rings is 2. The number of ether oxygens (including phenoxy) is 1. The van der Waals surface area contributed by atoms with E-state index in [0.29, 0.717) is 17.1 Å². The summed E-state index contributed by atoms with van der Waals surface area (Å²) in [6.45, 7) is 3.94. The molecule has 0 aromatic heterocycles. The largest absolute Gasteiger partial charge is 0.457 e. The van der Waals surface area contributed by atoms with E-state index in [4.69, 9.17) is 4.74 Å². The van der Waals surface area contributed by atoms with Gasteiger partial charge in [-0.3, -0.25) is 0 Å². The molecule has 2 aromatic rings. The lowest BCUT2D eigenvalue weighted by Gasteiger charge is -2.10. The Morgan fingerprint density at radius 1 is 0.941 bits per heavy atom. The van der Waals surface area contributed by atoms with Gasteiger partial charge in [-0.05, 0) is 29.7 Å². The predicted octanol–water partition coefficient (Wildman–Crippen LogP) is 4.74. The minimum atomic E-state index is -0.214. The molecule has 0 bridgehead atoms. The molecular weight excluding hydrogens is 215 g/mol. The highest BCUT2D eigenvalue weighted by molar-refractivity contribution is 5.34.